The van der Waals surface area contributed by atoms with E-state index in [4.69, 9.17) is 10.00 Å². The Morgan fingerprint density at radius 3 is 2.56 bits per heavy atom. The molecule has 3 heteroatoms. The zero-order valence-electron chi connectivity index (χ0n) is 9.98. The Balaban J connectivity index is 1.46. The first-order valence-electron chi connectivity index (χ1n) is 6.48. The predicted molar refractivity (Wildman–Crippen MR) is 60.7 cm³/mol. The molecule has 1 unspecified atom stereocenters. The van der Waals surface area contributed by atoms with Crippen molar-refractivity contribution in [3.63, 3.8) is 0 Å². The summed E-state index contributed by atoms with van der Waals surface area (Å²) >= 11 is 0. The lowest BCUT2D eigenvalue weighted by Gasteiger charge is -2.24. The summed E-state index contributed by atoms with van der Waals surface area (Å²) in [4.78, 5) is 2.56. The summed E-state index contributed by atoms with van der Waals surface area (Å²) in [7, 11) is 0. The van der Waals surface area contributed by atoms with E-state index in [0.717, 1.165) is 26.3 Å². The molecule has 2 saturated carbocycles. The third-order valence-corrected chi connectivity index (χ3v) is 4.55. The van der Waals surface area contributed by atoms with Gasteiger partial charge >= 0.3 is 0 Å². The predicted octanol–water partition coefficient (Wildman–Crippen LogP) is 1.50. The average Bonchev–Trinajstić information content (AvgIpc) is 3.15. The van der Waals surface area contributed by atoms with Crippen LogP contribution in [0.2, 0.25) is 0 Å². The number of rotatable bonds is 5. The maximum atomic E-state index is 8.87. The fraction of sp³-hybridized carbons (Fsp3) is 0.923. The van der Waals surface area contributed by atoms with Crippen molar-refractivity contribution >= 4 is 0 Å². The van der Waals surface area contributed by atoms with Gasteiger partial charge in [-0.05, 0) is 31.6 Å². The van der Waals surface area contributed by atoms with Gasteiger partial charge in [0.2, 0.25) is 0 Å². The summed E-state index contributed by atoms with van der Waals surface area (Å²) in [6.45, 7) is 7.38. The lowest BCUT2D eigenvalue weighted by Crippen LogP contribution is -2.33. The second-order valence-corrected chi connectivity index (χ2v) is 5.81. The normalized spacial score (nSPS) is 39.1. The van der Waals surface area contributed by atoms with Crippen LogP contribution in [-0.4, -0.2) is 37.7 Å². The molecule has 2 aliphatic carbocycles. The molecule has 0 spiro atoms. The fourth-order valence-corrected chi connectivity index (χ4v) is 3.25. The van der Waals surface area contributed by atoms with E-state index in [0.29, 0.717) is 23.2 Å². The summed E-state index contributed by atoms with van der Waals surface area (Å²) in [6.07, 6.45) is 2.67. The van der Waals surface area contributed by atoms with E-state index < -0.39 is 0 Å². The minimum atomic E-state index is 0.387. The smallest absolute Gasteiger partial charge is 0.0662 e. The van der Waals surface area contributed by atoms with Gasteiger partial charge in [0, 0.05) is 31.7 Å². The second-order valence-electron chi connectivity index (χ2n) is 5.81. The Morgan fingerprint density at radius 2 is 2.06 bits per heavy atom. The van der Waals surface area contributed by atoms with Gasteiger partial charge in [-0.3, -0.25) is 0 Å². The summed E-state index contributed by atoms with van der Waals surface area (Å²) in [5, 5.41) is 8.87. The third-order valence-electron chi connectivity index (χ3n) is 4.55. The Hall–Kier alpha value is -0.590. The highest BCUT2D eigenvalue weighted by Crippen LogP contribution is 2.54. The molecule has 0 bridgehead atoms. The molecule has 1 heterocycles. The molecular formula is C13H20N2O. The van der Waals surface area contributed by atoms with Gasteiger partial charge in [0.05, 0.1) is 18.6 Å². The van der Waals surface area contributed by atoms with Gasteiger partial charge in [0.25, 0.3) is 0 Å². The molecule has 16 heavy (non-hydrogen) atoms. The van der Waals surface area contributed by atoms with E-state index in [2.05, 4.69) is 17.9 Å². The Bertz CT molecular complexity index is 306. The van der Waals surface area contributed by atoms with E-state index in [-0.39, 0.29) is 0 Å². The first-order valence-corrected chi connectivity index (χ1v) is 6.48. The molecule has 3 atom stereocenters. The maximum absolute atomic E-state index is 8.87. The van der Waals surface area contributed by atoms with Gasteiger partial charge < -0.3 is 9.64 Å². The van der Waals surface area contributed by atoms with Gasteiger partial charge in [0.15, 0.2) is 0 Å². The van der Waals surface area contributed by atoms with Crippen LogP contribution < -0.4 is 0 Å². The number of likely N-dealkylation sites (tertiary alicyclic amines) is 1. The van der Waals surface area contributed by atoms with Crippen molar-refractivity contribution in [2.75, 3.05) is 32.8 Å². The number of fused-ring (bicyclic) bond motifs is 1. The van der Waals surface area contributed by atoms with Gasteiger partial charge in [-0.2, -0.15) is 5.26 Å². The second kappa shape index (κ2) is 3.72. The van der Waals surface area contributed by atoms with Crippen molar-refractivity contribution in [1.29, 1.82) is 5.26 Å². The highest BCUT2D eigenvalue weighted by molar-refractivity contribution is 5.15. The molecule has 0 radical (unpaired) electrons. The number of hydrogen-bond donors (Lipinski definition) is 0. The fourth-order valence-electron chi connectivity index (χ4n) is 3.25. The van der Waals surface area contributed by atoms with Crippen molar-refractivity contribution in [1.82, 2.24) is 4.90 Å². The Kier molecular flexibility index (Phi) is 2.45. The number of nitrogens with zero attached hydrogens (tertiary/aromatic N) is 2. The van der Waals surface area contributed by atoms with E-state index in [1.807, 2.05) is 0 Å². The van der Waals surface area contributed by atoms with Gasteiger partial charge in [0.1, 0.15) is 0 Å². The molecule has 0 aromatic carbocycles. The van der Waals surface area contributed by atoms with Crippen LogP contribution in [0, 0.1) is 34.5 Å². The minimum absolute atomic E-state index is 0.387. The molecule has 3 aliphatic rings. The van der Waals surface area contributed by atoms with Crippen LogP contribution in [0.25, 0.3) is 0 Å². The molecule has 0 aromatic rings. The van der Waals surface area contributed by atoms with Crippen LogP contribution in [-0.2, 0) is 4.74 Å². The number of piperidine rings is 1. The quantitative estimate of drug-likeness (QED) is 0.704. The summed E-state index contributed by atoms with van der Waals surface area (Å²) in [6, 6.07) is 2.42. The van der Waals surface area contributed by atoms with Gasteiger partial charge in [-0.1, -0.05) is 0 Å². The van der Waals surface area contributed by atoms with E-state index >= 15 is 0 Å². The monoisotopic (exact) mass is 220 g/mol. The molecule has 1 aliphatic heterocycles. The lowest BCUT2D eigenvalue weighted by atomic mass is 10.1. The molecule has 0 N–H and O–H groups in total. The van der Waals surface area contributed by atoms with Crippen LogP contribution in [0.15, 0.2) is 0 Å². The SMILES string of the molecule is CCOCC1(CN2C[C@@H]3C(C#N)[C@@H]3C2)CC1. The first-order chi connectivity index (χ1) is 7.78. The molecule has 3 fully saturated rings. The molecule has 0 aromatic heterocycles. The number of nitriles is 1. The third kappa shape index (κ3) is 1.74. The molecule has 1 saturated heterocycles. The van der Waals surface area contributed by atoms with Crippen LogP contribution in [0.4, 0.5) is 0 Å². The molecule has 3 nitrogen and oxygen atoms in total. The highest BCUT2D eigenvalue weighted by Gasteiger charge is 2.57. The molecule has 88 valence electrons. The zero-order chi connectivity index (χ0) is 11.2. The standard InChI is InChI=1S/C13H20N2O/c1-2-16-9-13(3-4-13)8-15-6-11-10(5-14)12(11)7-15/h10-12H,2-4,6-9H2,1H3/t10?,11-,12+. The van der Waals surface area contributed by atoms with E-state index in [9.17, 15) is 0 Å². The Labute approximate surface area is 97.4 Å². The van der Waals surface area contributed by atoms with Gasteiger partial charge in [-0.25, -0.2) is 0 Å². The van der Waals surface area contributed by atoms with Gasteiger partial charge in [-0.15, -0.1) is 0 Å². The summed E-state index contributed by atoms with van der Waals surface area (Å²) in [5.41, 5.74) is 0.481. The van der Waals surface area contributed by atoms with Crippen molar-refractivity contribution in [3.8, 4) is 6.07 Å². The van der Waals surface area contributed by atoms with Crippen LogP contribution in [0.1, 0.15) is 19.8 Å². The maximum Gasteiger partial charge on any atom is 0.0662 e. The van der Waals surface area contributed by atoms with Crippen molar-refractivity contribution < 1.29 is 4.74 Å². The highest BCUT2D eigenvalue weighted by atomic mass is 16.5. The molecule has 0 amide bonds. The first kappa shape index (κ1) is 10.6. The Morgan fingerprint density at radius 1 is 1.38 bits per heavy atom. The topological polar surface area (TPSA) is 36.3 Å². The van der Waals surface area contributed by atoms with Crippen LogP contribution in [0.5, 0.6) is 0 Å². The van der Waals surface area contributed by atoms with Crippen LogP contribution >= 0.6 is 0 Å². The zero-order valence-corrected chi connectivity index (χ0v) is 9.98. The van der Waals surface area contributed by atoms with Crippen molar-refractivity contribution in [2.45, 2.75) is 19.8 Å². The minimum Gasteiger partial charge on any atom is -0.381 e. The molecule has 3 rings (SSSR count). The summed E-state index contributed by atoms with van der Waals surface area (Å²) < 4.78 is 5.57. The number of hydrogen-bond acceptors (Lipinski definition) is 3. The van der Waals surface area contributed by atoms with E-state index in [1.54, 1.807) is 0 Å². The lowest BCUT2D eigenvalue weighted by molar-refractivity contribution is 0.0804. The van der Waals surface area contributed by atoms with E-state index in [1.165, 1.54) is 19.4 Å². The summed E-state index contributed by atoms with van der Waals surface area (Å²) in [5.74, 6) is 1.79. The largest absolute Gasteiger partial charge is 0.381 e. The molecular weight excluding hydrogens is 200 g/mol. The van der Waals surface area contributed by atoms with Crippen molar-refractivity contribution in [3.05, 3.63) is 0 Å². The number of ether oxygens (including phenoxy) is 1. The van der Waals surface area contributed by atoms with Crippen LogP contribution in [0.3, 0.4) is 0 Å². The average molecular weight is 220 g/mol. The van der Waals surface area contributed by atoms with Crippen molar-refractivity contribution in [2.24, 2.45) is 23.2 Å².